The van der Waals surface area contributed by atoms with E-state index in [0.717, 1.165) is 6.92 Å². The van der Waals surface area contributed by atoms with Gasteiger partial charge in [-0.15, -0.1) is 0 Å². The van der Waals surface area contributed by atoms with E-state index in [1.807, 2.05) is 0 Å². The number of hydrogen-bond donors (Lipinski definition) is 2. The van der Waals surface area contributed by atoms with Gasteiger partial charge in [-0.3, -0.25) is 0 Å². The molecule has 1 aromatic carbocycles. The Bertz CT molecular complexity index is 480. The van der Waals surface area contributed by atoms with Gasteiger partial charge in [0.2, 0.25) is 0 Å². The molecule has 2 rings (SSSR count). The summed E-state index contributed by atoms with van der Waals surface area (Å²) < 4.78 is 37.7. The van der Waals surface area contributed by atoms with Gasteiger partial charge in [0, 0.05) is 5.52 Å². The van der Waals surface area contributed by atoms with Crippen molar-refractivity contribution in [3.8, 4) is 0 Å². The summed E-state index contributed by atoms with van der Waals surface area (Å²) in [5.41, 5.74) is -2.53. The van der Waals surface area contributed by atoms with Crippen LogP contribution < -0.4 is 0 Å². The lowest BCUT2D eigenvalue weighted by Gasteiger charge is -2.24. The average Bonchev–Trinajstić information content (AvgIpc) is 2.59. The first kappa shape index (κ1) is 11.0. The Morgan fingerprint density at radius 3 is 2.38 bits per heavy atom. The second-order valence-electron chi connectivity index (χ2n) is 3.84. The van der Waals surface area contributed by atoms with E-state index in [9.17, 15) is 18.3 Å². The van der Waals surface area contributed by atoms with Crippen molar-refractivity contribution in [3.63, 3.8) is 0 Å². The van der Waals surface area contributed by atoms with E-state index in [1.54, 1.807) is 24.3 Å². The zero-order chi connectivity index (χ0) is 12.0. The minimum absolute atomic E-state index is 0.249. The van der Waals surface area contributed by atoms with Gasteiger partial charge in [0.25, 0.3) is 0 Å². The molecule has 0 fully saturated rings. The molecular formula is C11H10F3NO. The van der Waals surface area contributed by atoms with Crippen molar-refractivity contribution in [2.75, 3.05) is 0 Å². The molecule has 1 atom stereocenters. The summed E-state index contributed by atoms with van der Waals surface area (Å²) in [6.07, 6.45) is -4.70. The second kappa shape index (κ2) is 3.25. The normalized spacial score (nSPS) is 16.3. The van der Waals surface area contributed by atoms with Crippen LogP contribution in [-0.4, -0.2) is 16.3 Å². The fourth-order valence-corrected chi connectivity index (χ4v) is 1.49. The third-order valence-corrected chi connectivity index (χ3v) is 2.61. The van der Waals surface area contributed by atoms with Gasteiger partial charge < -0.3 is 10.1 Å². The van der Waals surface area contributed by atoms with Crippen molar-refractivity contribution in [1.29, 1.82) is 0 Å². The maximum absolute atomic E-state index is 12.6. The minimum atomic E-state index is -4.70. The van der Waals surface area contributed by atoms with Crippen LogP contribution in [0.15, 0.2) is 30.3 Å². The minimum Gasteiger partial charge on any atom is -0.375 e. The molecule has 1 unspecified atom stereocenters. The van der Waals surface area contributed by atoms with E-state index in [0.29, 0.717) is 10.9 Å². The lowest BCUT2D eigenvalue weighted by molar-refractivity contribution is -0.260. The van der Waals surface area contributed by atoms with E-state index in [1.165, 1.54) is 6.07 Å². The Kier molecular flexibility index (Phi) is 2.24. The van der Waals surface area contributed by atoms with Crippen molar-refractivity contribution in [2.45, 2.75) is 18.7 Å². The molecule has 0 aliphatic heterocycles. The van der Waals surface area contributed by atoms with Gasteiger partial charge in [-0.25, -0.2) is 0 Å². The molecule has 2 nitrogen and oxygen atoms in total. The second-order valence-corrected chi connectivity index (χ2v) is 3.84. The van der Waals surface area contributed by atoms with Crippen LogP contribution in [0.4, 0.5) is 13.2 Å². The monoisotopic (exact) mass is 229 g/mol. The number of hydrogen-bond acceptors (Lipinski definition) is 1. The highest BCUT2D eigenvalue weighted by Gasteiger charge is 2.52. The molecule has 0 bridgehead atoms. The van der Waals surface area contributed by atoms with E-state index in [4.69, 9.17) is 0 Å². The molecule has 0 saturated carbocycles. The lowest BCUT2D eigenvalue weighted by atomic mass is 10.0. The van der Waals surface area contributed by atoms with Gasteiger partial charge in [-0.2, -0.15) is 13.2 Å². The van der Waals surface area contributed by atoms with E-state index in [2.05, 4.69) is 4.98 Å². The number of nitrogens with one attached hydrogen (secondary N) is 1. The quantitative estimate of drug-likeness (QED) is 0.774. The van der Waals surface area contributed by atoms with Gasteiger partial charge in [0.05, 0.1) is 5.69 Å². The van der Waals surface area contributed by atoms with Crippen LogP contribution in [0, 0.1) is 0 Å². The first-order valence-corrected chi connectivity index (χ1v) is 4.70. The van der Waals surface area contributed by atoms with Crippen LogP contribution in [0.5, 0.6) is 0 Å². The predicted octanol–water partition coefficient (Wildman–Crippen LogP) is 2.94. The first-order chi connectivity index (χ1) is 7.32. The maximum Gasteiger partial charge on any atom is 0.422 e. The molecule has 86 valence electrons. The third-order valence-electron chi connectivity index (χ3n) is 2.61. The molecule has 1 heterocycles. The summed E-state index contributed by atoms with van der Waals surface area (Å²) in [6.45, 7) is 0.734. The van der Waals surface area contributed by atoms with Crippen molar-refractivity contribution in [1.82, 2.24) is 4.98 Å². The highest BCUT2D eigenvalue weighted by atomic mass is 19.4. The number of halogens is 3. The molecule has 0 spiro atoms. The first-order valence-electron chi connectivity index (χ1n) is 4.70. The van der Waals surface area contributed by atoms with Crippen molar-refractivity contribution in [2.24, 2.45) is 0 Å². The third kappa shape index (κ3) is 1.57. The molecule has 0 aliphatic rings. The molecular weight excluding hydrogens is 219 g/mol. The molecule has 0 aliphatic carbocycles. The molecule has 16 heavy (non-hydrogen) atoms. The Morgan fingerprint density at radius 1 is 1.19 bits per heavy atom. The highest BCUT2D eigenvalue weighted by molar-refractivity contribution is 5.80. The van der Waals surface area contributed by atoms with Crippen molar-refractivity contribution in [3.05, 3.63) is 36.0 Å². The lowest BCUT2D eigenvalue weighted by Crippen LogP contribution is -2.39. The molecule has 5 heteroatoms. The van der Waals surface area contributed by atoms with Crippen LogP contribution >= 0.6 is 0 Å². The fraction of sp³-hybridized carbons (Fsp3) is 0.273. The molecule has 0 radical (unpaired) electrons. The number of H-pyrrole nitrogens is 1. The van der Waals surface area contributed by atoms with Crippen LogP contribution in [0.1, 0.15) is 12.6 Å². The standard InChI is InChI=1S/C11H10F3NO/c1-10(16,11(12,13)14)9-6-7-4-2-3-5-8(7)15-9/h2-6,15-16H,1H3. The smallest absolute Gasteiger partial charge is 0.375 e. The molecule has 1 aromatic heterocycles. The topological polar surface area (TPSA) is 36.0 Å². The van der Waals surface area contributed by atoms with Gasteiger partial charge in [-0.1, -0.05) is 18.2 Å². The van der Waals surface area contributed by atoms with Gasteiger partial charge in [0.15, 0.2) is 5.60 Å². The number of aromatic amines is 1. The van der Waals surface area contributed by atoms with Gasteiger partial charge in [-0.05, 0) is 24.4 Å². The van der Waals surface area contributed by atoms with E-state index in [-0.39, 0.29) is 5.69 Å². The Hall–Kier alpha value is -1.49. The van der Waals surface area contributed by atoms with Crippen LogP contribution in [-0.2, 0) is 5.60 Å². The summed E-state index contributed by atoms with van der Waals surface area (Å²) in [7, 11) is 0. The fourth-order valence-electron chi connectivity index (χ4n) is 1.49. The Balaban J connectivity index is 2.56. The van der Waals surface area contributed by atoms with E-state index < -0.39 is 11.8 Å². The summed E-state index contributed by atoms with van der Waals surface area (Å²) >= 11 is 0. The Labute approximate surface area is 89.7 Å². The maximum atomic E-state index is 12.6. The van der Waals surface area contributed by atoms with Crippen molar-refractivity contribution >= 4 is 10.9 Å². The van der Waals surface area contributed by atoms with Gasteiger partial charge >= 0.3 is 6.18 Å². The summed E-state index contributed by atoms with van der Waals surface area (Å²) in [5.74, 6) is 0. The number of para-hydroxylation sites is 1. The average molecular weight is 229 g/mol. The zero-order valence-electron chi connectivity index (χ0n) is 8.47. The van der Waals surface area contributed by atoms with Crippen LogP contribution in [0.3, 0.4) is 0 Å². The van der Waals surface area contributed by atoms with E-state index >= 15 is 0 Å². The van der Waals surface area contributed by atoms with Gasteiger partial charge in [0.1, 0.15) is 0 Å². The predicted molar refractivity (Wildman–Crippen MR) is 53.9 cm³/mol. The van der Waals surface area contributed by atoms with Crippen molar-refractivity contribution < 1.29 is 18.3 Å². The SMILES string of the molecule is CC(O)(c1cc2ccccc2[nH]1)C(F)(F)F. The zero-order valence-corrected chi connectivity index (χ0v) is 8.47. The molecule has 2 aromatic rings. The Morgan fingerprint density at radius 2 is 1.81 bits per heavy atom. The molecule has 0 saturated heterocycles. The van der Waals surface area contributed by atoms with Crippen LogP contribution in [0.25, 0.3) is 10.9 Å². The number of alkyl halides is 3. The summed E-state index contributed by atoms with van der Waals surface area (Å²) in [6, 6.07) is 8.09. The number of benzene rings is 1. The van der Waals surface area contributed by atoms with Crippen LogP contribution in [0.2, 0.25) is 0 Å². The molecule has 0 amide bonds. The summed E-state index contributed by atoms with van der Waals surface area (Å²) in [4.78, 5) is 2.57. The largest absolute Gasteiger partial charge is 0.422 e. The highest BCUT2D eigenvalue weighted by Crippen LogP contribution is 2.38. The summed E-state index contributed by atoms with van der Waals surface area (Å²) in [5, 5.41) is 10.1. The number of aromatic nitrogens is 1. The number of fused-ring (bicyclic) bond motifs is 1. The molecule has 2 N–H and O–H groups in total. The number of rotatable bonds is 1. The number of aliphatic hydroxyl groups is 1.